The summed E-state index contributed by atoms with van der Waals surface area (Å²) in [5.74, 6) is -15.1. The number of amides is 8. The maximum atomic E-state index is 14.2. The van der Waals surface area contributed by atoms with Gasteiger partial charge in [0.15, 0.2) is 24.2 Å². The van der Waals surface area contributed by atoms with Crippen molar-refractivity contribution in [3.63, 3.8) is 0 Å². The van der Waals surface area contributed by atoms with Crippen molar-refractivity contribution in [3.8, 4) is 0 Å². The number of carboxylic acids is 2. The van der Waals surface area contributed by atoms with Gasteiger partial charge in [-0.1, -0.05) is 58.3 Å². The van der Waals surface area contributed by atoms with Crippen LogP contribution in [0.3, 0.4) is 0 Å². The minimum absolute atomic E-state index is 0.00755. The molecular weight excluding hydrogens is 1050 g/mol. The number of rotatable bonds is 20. The van der Waals surface area contributed by atoms with Crippen molar-refractivity contribution in [1.29, 1.82) is 0 Å². The first-order valence-corrected chi connectivity index (χ1v) is 27.0. The summed E-state index contributed by atoms with van der Waals surface area (Å²) in [5.41, 5.74) is 10.9. The van der Waals surface area contributed by atoms with Gasteiger partial charge in [0, 0.05) is 26.2 Å². The number of unbranched alkanes of at least 4 members (excludes halogenated alkanes) is 8. The van der Waals surface area contributed by atoms with Crippen molar-refractivity contribution in [2.75, 3.05) is 39.4 Å². The number of hydrogen-bond donors (Lipinski definition) is 14. The zero-order chi connectivity index (χ0) is 58.5. The molecule has 0 aromatic carbocycles. The second-order valence-electron chi connectivity index (χ2n) is 20.2. The summed E-state index contributed by atoms with van der Waals surface area (Å²) in [6, 6.07) is -15.0. The quantitative estimate of drug-likeness (QED) is 0.0234. The van der Waals surface area contributed by atoms with E-state index in [-0.39, 0.29) is 70.5 Å². The summed E-state index contributed by atoms with van der Waals surface area (Å²) in [6.07, 6.45) is -1.30. The molecule has 4 fully saturated rings. The molecule has 0 aromatic rings. The maximum absolute atomic E-state index is 14.2. The molecule has 0 bridgehead atoms. The van der Waals surface area contributed by atoms with Gasteiger partial charge in [-0.3, -0.25) is 43.3 Å². The first-order chi connectivity index (χ1) is 37.6. The number of carboxylic acid groups (broad SMARTS) is 2. The zero-order valence-corrected chi connectivity index (χ0v) is 44.4. The van der Waals surface area contributed by atoms with Gasteiger partial charge in [-0.2, -0.15) is 0 Å². The minimum Gasteiger partial charge on any atom is -0.479 e. The molecule has 4 rings (SSSR count). The summed E-state index contributed by atoms with van der Waals surface area (Å²) >= 11 is 0. The van der Waals surface area contributed by atoms with Crippen molar-refractivity contribution in [3.05, 3.63) is 0 Å². The van der Waals surface area contributed by atoms with Gasteiger partial charge < -0.3 is 93.2 Å². The molecule has 4 aliphatic rings. The smallest absolute Gasteiger partial charge is 0.335 e. The Balaban J connectivity index is 1.76. The van der Waals surface area contributed by atoms with E-state index in [4.69, 9.17) is 16.2 Å². The predicted octanol–water partition coefficient (Wildman–Crippen LogP) is -5.48. The highest BCUT2D eigenvalue weighted by atomic mass is 16.5. The SMILES string of the molecule is CCCCCCCCCCCC1CC(=O)N2CCC[C@@H]2C(=O)N[C@H](CO)C(=O)N2CCC[C@H]2C(=O)N[C@@H](CCCN=C(N)N)C(=O)N[C@H](C(O)C(=O)O)C(=O)N[C@H](CO)C(=O)N2CCC(O)[C@H]2C(=O)N[C@@H](C(O)C(=O)O)C(=O)O1. The molecule has 8 amide bonds. The molecule has 16 N–H and O–H groups in total. The summed E-state index contributed by atoms with van der Waals surface area (Å²) in [5, 5.41) is 84.1. The monoisotopic (exact) mass is 1130 g/mol. The number of carbonyl (C=O) groups excluding carboxylic acids is 9. The second kappa shape index (κ2) is 31.7. The third kappa shape index (κ3) is 18.4. The molecule has 0 radical (unpaired) electrons. The largest absolute Gasteiger partial charge is 0.479 e. The summed E-state index contributed by atoms with van der Waals surface area (Å²) in [7, 11) is 0. The molecule has 444 valence electrons. The Bertz CT molecular complexity index is 2200. The van der Waals surface area contributed by atoms with Crippen LogP contribution in [0.25, 0.3) is 0 Å². The molecule has 4 heterocycles. The standard InChI is InChI=1S/C49H79N11O19/c1-2-3-4-5-6-7-8-9-10-14-26-23-33(64)58-20-12-16-30(58)40(68)54-28(24-61)44(72)59-21-13-17-31(59)41(69)53-27(15-11-19-52-49(50)51)39(67)56-34(37(65)46(74)75)42(70)55-29(25-62)45(73)60-22-18-32(63)36(60)43(71)57-35(48(78)79-26)38(66)47(76)77/h26-32,34-38,61-63,65-66H,2-25H2,1H3,(H,53,69)(H,54,68)(H,55,70)(H,56,67)(H,57,71)(H,74,75)(H,76,77)(H4,50,51,52)/t26?,27-,28+,29+,30+,31-,32?,34+,35-,36-,37?,38?/m0/s1. The Morgan fingerprint density at radius 1 is 0.608 bits per heavy atom. The maximum Gasteiger partial charge on any atom is 0.335 e. The lowest BCUT2D eigenvalue weighted by Gasteiger charge is -2.32. The van der Waals surface area contributed by atoms with E-state index in [1.54, 1.807) is 0 Å². The third-order valence-corrected chi connectivity index (χ3v) is 14.4. The first kappa shape index (κ1) is 64.8. The van der Waals surface area contributed by atoms with E-state index < -0.39 is 164 Å². The number of nitrogens with zero attached hydrogens (tertiary/aromatic N) is 4. The summed E-state index contributed by atoms with van der Waals surface area (Å²) < 4.78 is 5.71. The highest BCUT2D eigenvalue weighted by Gasteiger charge is 2.48. The van der Waals surface area contributed by atoms with Crippen LogP contribution in [0.4, 0.5) is 0 Å². The fourth-order valence-corrected chi connectivity index (χ4v) is 10.1. The van der Waals surface area contributed by atoms with Crippen LogP contribution in [0, 0.1) is 0 Å². The van der Waals surface area contributed by atoms with Gasteiger partial charge in [-0.05, 0) is 57.8 Å². The van der Waals surface area contributed by atoms with E-state index in [1.807, 2.05) is 16.0 Å². The number of hydrogen-bond acceptors (Lipinski definition) is 18. The highest BCUT2D eigenvalue weighted by molar-refractivity contribution is 6.00. The summed E-state index contributed by atoms with van der Waals surface area (Å²) in [6.45, 7) is -0.807. The van der Waals surface area contributed by atoms with Gasteiger partial charge in [0.1, 0.15) is 48.4 Å². The molecule has 4 unspecified atom stereocenters. The number of fused-ring (bicyclic) bond motifs is 3. The lowest BCUT2D eigenvalue weighted by Crippen LogP contribution is -2.64. The molecule has 4 aliphatic heterocycles. The number of aliphatic carboxylic acids is 2. The van der Waals surface area contributed by atoms with E-state index >= 15 is 0 Å². The highest BCUT2D eigenvalue weighted by Crippen LogP contribution is 2.25. The fraction of sp³-hybridized carbons (Fsp3) is 0.755. The van der Waals surface area contributed by atoms with Crippen LogP contribution in [0.5, 0.6) is 0 Å². The average molecular weight is 1130 g/mol. The first-order valence-electron chi connectivity index (χ1n) is 27.0. The number of nitrogens with one attached hydrogen (secondary N) is 5. The lowest BCUT2D eigenvalue weighted by molar-refractivity contribution is -0.166. The van der Waals surface area contributed by atoms with Crippen molar-refractivity contribution >= 4 is 71.1 Å². The Morgan fingerprint density at radius 2 is 1.11 bits per heavy atom. The van der Waals surface area contributed by atoms with Crippen LogP contribution >= 0.6 is 0 Å². The Hall–Kier alpha value is -6.76. The van der Waals surface area contributed by atoms with E-state index in [9.17, 15) is 88.5 Å². The van der Waals surface area contributed by atoms with Crippen molar-refractivity contribution < 1.29 is 93.2 Å². The third-order valence-electron chi connectivity index (χ3n) is 14.4. The van der Waals surface area contributed by atoms with Crippen LogP contribution in [-0.2, 0) is 57.5 Å². The number of esters is 1. The number of nitrogens with two attached hydrogens (primary N) is 2. The van der Waals surface area contributed by atoms with Crippen LogP contribution in [-0.4, -0.2) is 234 Å². The van der Waals surface area contributed by atoms with Gasteiger partial charge in [0.05, 0.1) is 25.7 Å². The van der Waals surface area contributed by atoms with Crippen molar-refractivity contribution in [1.82, 2.24) is 41.3 Å². The van der Waals surface area contributed by atoms with Gasteiger partial charge in [0.25, 0.3) is 0 Å². The van der Waals surface area contributed by atoms with Crippen LogP contribution < -0.4 is 38.1 Å². The number of guanidine groups is 1. The number of aliphatic hydroxyl groups is 5. The van der Waals surface area contributed by atoms with Gasteiger partial charge in [-0.15, -0.1) is 0 Å². The number of carbonyl (C=O) groups is 11. The van der Waals surface area contributed by atoms with Crippen LogP contribution in [0.1, 0.15) is 122 Å². The van der Waals surface area contributed by atoms with E-state index in [0.29, 0.717) is 24.2 Å². The van der Waals surface area contributed by atoms with Gasteiger partial charge in [0.2, 0.25) is 47.3 Å². The fourth-order valence-electron chi connectivity index (χ4n) is 10.1. The minimum atomic E-state index is -2.77. The normalized spacial score (nSPS) is 28.1. The van der Waals surface area contributed by atoms with E-state index in [1.165, 1.54) is 4.90 Å². The topological polar surface area (TPSA) is 473 Å². The molecule has 0 spiro atoms. The molecule has 79 heavy (non-hydrogen) atoms. The lowest BCUT2D eigenvalue weighted by atomic mass is 10.0. The molecule has 12 atom stereocenters. The molecule has 4 saturated heterocycles. The van der Waals surface area contributed by atoms with E-state index in [2.05, 4.69) is 22.5 Å². The van der Waals surface area contributed by atoms with Crippen LogP contribution in [0.15, 0.2) is 4.99 Å². The van der Waals surface area contributed by atoms with E-state index in [0.717, 1.165) is 49.8 Å². The molecule has 0 aliphatic carbocycles. The molecule has 0 saturated carbocycles. The Kier molecular flexibility index (Phi) is 26.0. The molecular formula is C49H79N11O19. The molecule has 30 heteroatoms. The van der Waals surface area contributed by atoms with Gasteiger partial charge >= 0.3 is 17.9 Å². The average Bonchev–Trinajstić information content (AvgIpc) is 4.24. The van der Waals surface area contributed by atoms with Crippen molar-refractivity contribution in [2.24, 2.45) is 16.5 Å². The second-order valence-corrected chi connectivity index (χ2v) is 20.2. The Morgan fingerprint density at radius 3 is 1.68 bits per heavy atom. The zero-order valence-electron chi connectivity index (χ0n) is 44.4. The Labute approximate surface area is 455 Å². The van der Waals surface area contributed by atoms with Gasteiger partial charge in [-0.25, -0.2) is 14.4 Å². The molecule has 30 nitrogen and oxygen atoms in total. The molecule has 0 aromatic heterocycles. The number of cyclic esters (lactones) is 1. The number of ether oxygens (including phenoxy) is 1. The van der Waals surface area contributed by atoms with Crippen LogP contribution in [0.2, 0.25) is 0 Å². The number of aliphatic hydroxyl groups excluding tert-OH is 5. The number of aliphatic imine (C=N–C) groups is 1. The predicted molar refractivity (Wildman–Crippen MR) is 273 cm³/mol. The summed E-state index contributed by atoms with van der Waals surface area (Å²) in [4.78, 5) is 157. The van der Waals surface area contributed by atoms with Crippen molar-refractivity contribution in [2.45, 2.75) is 195 Å².